The monoisotopic (exact) mass is 359 g/mol. The maximum atomic E-state index is 5.68. The number of methoxy groups -OCH3 is 1. The Balaban J connectivity index is 1.63. The molecular weight excluding hydrogens is 342 g/mol. The molecule has 0 atom stereocenters. The molecule has 0 amide bonds. The van der Waals surface area contributed by atoms with E-state index in [4.69, 9.17) is 10.5 Å². The second-order valence-electron chi connectivity index (χ2n) is 5.75. The molecule has 3 N–H and O–H groups in total. The molecule has 2 aromatic carbocycles. The van der Waals surface area contributed by atoms with E-state index in [1.165, 1.54) is 6.33 Å². The second-order valence-corrected chi connectivity index (χ2v) is 5.75. The summed E-state index contributed by atoms with van der Waals surface area (Å²) in [5.74, 6) is 1.32. The molecule has 0 saturated carbocycles. The maximum absolute atomic E-state index is 5.68. The second kappa shape index (κ2) is 7.12. The number of ether oxygens (including phenoxy) is 1. The van der Waals surface area contributed by atoms with Gasteiger partial charge in [0.1, 0.15) is 12.1 Å². The Morgan fingerprint density at radius 2 is 2.00 bits per heavy atom. The van der Waals surface area contributed by atoms with E-state index in [-0.39, 0.29) is 0 Å². The highest BCUT2D eigenvalue weighted by molar-refractivity contribution is 5.88. The van der Waals surface area contributed by atoms with Crippen molar-refractivity contribution >= 4 is 28.8 Å². The Morgan fingerprint density at radius 3 is 2.81 bits per heavy atom. The van der Waals surface area contributed by atoms with Crippen LogP contribution in [0.4, 0.5) is 11.5 Å². The minimum atomic E-state index is 0.570. The summed E-state index contributed by atoms with van der Waals surface area (Å²) in [4.78, 5) is 8.61. The lowest BCUT2D eigenvalue weighted by molar-refractivity contribution is 0.414. The van der Waals surface area contributed by atoms with Crippen LogP contribution in [0.5, 0.6) is 5.75 Å². The molecule has 27 heavy (non-hydrogen) atoms. The summed E-state index contributed by atoms with van der Waals surface area (Å²) in [7, 11) is 1.63. The summed E-state index contributed by atoms with van der Waals surface area (Å²) < 4.78 is 7.01. The standard InChI is InChI=1S/C19H17N7O/c1-27-16-4-2-3-15(9-16)26-19-17(11-24-26)18(21-12-22-19)25-23-10-13-5-7-14(20)8-6-13/h2-12H,20H2,1H3,(H,21,22,25). The van der Waals surface area contributed by atoms with Crippen molar-refractivity contribution < 1.29 is 4.74 Å². The third kappa shape index (κ3) is 3.40. The number of nitrogens with one attached hydrogen (secondary N) is 1. The van der Waals surface area contributed by atoms with Crippen LogP contribution in [0.3, 0.4) is 0 Å². The highest BCUT2D eigenvalue weighted by atomic mass is 16.5. The first-order valence-electron chi connectivity index (χ1n) is 8.22. The van der Waals surface area contributed by atoms with Gasteiger partial charge >= 0.3 is 0 Å². The van der Waals surface area contributed by atoms with Gasteiger partial charge < -0.3 is 10.5 Å². The lowest BCUT2D eigenvalue weighted by Crippen LogP contribution is -2.00. The molecule has 0 radical (unpaired) electrons. The number of hydrogen-bond acceptors (Lipinski definition) is 7. The zero-order valence-electron chi connectivity index (χ0n) is 14.6. The average molecular weight is 359 g/mol. The van der Waals surface area contributed by atoms with E-state index >= 15 is 0 Å². The molecule has 2 heterocycles. The van der Waals surface area contributed by atoms with Crippen LogP contribution in [0.1, 0.15) is 5.56 Å². The van der Waals surface area contributed by atoms with Crippen molar-refractivity contribution in [3.05, 3.63) is 66.6 Å². The molecule has 0 aliphatic rings. The number of nitrogens with zero attached hydrogens (tertiary/aromatic N) is 5. The van der Waals surface area contributed by atoms with E-state index in [1.54, 1.807) is 24.2 Å². The van der Waals surface area contributed by atoms with Crippen LogP contribution in [-0.2, 0) is 0 Å². The third-order valence-electron chi connectivity index (χ3n) is 3.98. The number of nitrogen functional groups attached to an aromatic ring is 1. The van der Waals surface area contributed by atoms with E-state index in [0.29, 0.717) is 17.2 Å². The summed E-state index contributed by atoms with van der Waals surface area (Å²) in [6.07, 6.45) is 4.87. The molecular formula is C19H17N7O. The Labute approximate surface area is 155 Å². The van der Waals surface area contributed by atoms with Crippen LogP contribution in [0.15, 0.2) is 66.2 Å². The number of fused-ring (bicyclic) bond motifs is 1. The van der Waals surface area contributed by atoms with E-state index in [1.807, 2.05) is 48.5 Å². The van der Waals surface area contributed by atoms with Crippen molar-refractivity contribution in [2.24, 2.45) is 5.10 Å². The molecule has 134 valence electrons. The third-order valence-corrected chi connectivity index (χ3v) is 3.98. The normalized spacial score (nSPS) is 11.1. The fourth-order valence-electron chi connectivity index (χ4n) is 2.61. The molecule has 8 heteroatoms. The Hall–Kier alpha value is -3.94. The molecule has 0 aliphatic heterocycles. The number of anilines is 2. The zero-order valence-corrected chi connectivity index (χ0v) is 14.6. The zero-order chi connectivity index (χ0) is 18.6. The smallest absolute Gasteiger partial charge is 0.168 e. The van der Waals surface area contributed by atoms with Gasteiger partial charge in [0, 0.05) is 11.8 Å². The number of nitrogens with two attached hydrogens (primary N) is 1. The van der Waals surface area contributed by atoms with Gasteiger partial charge in [0.05, 0.1) is 30.6 Å². The first kappa shape index (κ1) is 16.5. The van der Waals surface area contributed by atoms with Crippen molar-refractivity contribution in [3.8, 4) is 11.4 Å². The van der Waals surface area contributed by atoms with Gasteiger partial charge in [-0.25, -0.2) is 14.6 Å². The van der Waals surface area contributed by atoms with Crippen LogP contribution < -0.4 is 15.9 Å². The number of aromatic nitrogens is 4. The Bertz CT molecular complexity index is 1100. The van der Waals surface area contributed by atoms with Crippen molar-refractivity contribution in [1.29, 1.82) is 0 Å². The van der Waals surface area contributed by atoms with Crippen molar-refractivity contribution in [1.82, 2.24) is 19.7 Å². The molecule has 2 aromatic heterocycles. The molecule has 0 spiro atoms. The highest BCUT2D eigenvalue weighted by Gasteiger charge is 2.11. The summed E-state index contributed by atoms with van der Waals surface area (Å²) >= 11 is 0. The summed E-state index contributed by atoms with van der Waals surface area (Å²) in [6, 6.07) is 15.0. The van der Waals surface area contributed by atoms with Gasteiger partial charge in [-0.1, -0.05) is 18.2 Å². The van der Waals surface area contributed by atoms with E-state index in [0.717, 1.165) is 22.4 Å². The quantitative estimate of drug-likeness (QED) is 0.323. The molecule has 4 aromatic rings. The fourth-order valence-corrected chi connectivity index (χ4v) is 2.61. The van der Waals surface area contributed by atoms with E-state index in [9.17, 15) is 0 Å². The van der Waals surface area contributed by atoms with Gasteiger partial charge in [-0.2, -0.15) is 10.2 Å². The lowest BCUT2D eigenvalue weighted by Gasteiger charge is -2.06. The average Bonchev–Trinajstić information content (AvgIpc) is 3.14. The molecule has 0 aliphatic carbocycles. The van der Waals surface area contributed by atoms with Gasteiger partial charge in [-0.3, -0.25) is 5.43 Å². The van der Waals surface area contributed by atoms with Crippen LogP contribution in [0.25, 0.3) is 16.7 Å². The fraction of sp³-hybridized carbons (Fsp3) is 0.0526. The predicted octanol–water partition coefficient (Wildman–Crippen LogP) is 2.85. The minimum Gasteiger partial charge on any atom is -0.497 e. The SMILES string of the molecule is COc1cccc(-n2ncc3c(NN=Cc4ccc(N)cc4)ncnc32)c1. The maximum Gasteiger partial charge on any atom is 0.168 e. The number of benzene rings is 2. The Morgan fingerprint density at radius 1 is 1.15 bits per heavy atom. The molecule has 0 bridgehead atoms. The summed E-state index contributed by atoms with van der Waals surface area (Å²) in [6.45, 7) is 0. The van der Waals surface area contributed by atoms with Crippen LogP contribution in [0.2, 0.25) is 0 Å². The molecule has 0 fully saturated rings. The van der Waals surface area contributed by atoms with Gasteiger partial charge in [0.2, 0.25) is 0 Å². The number of rotatable bonds is 5. The minimum absolute atomic E-state index is 0.570. The van der Waals surface area contributed by atoms with Gasteiger partial charge in [-0.05, 0) is 29.8 Å². The van der Waals surface area contributed by atoms with Crippen LogP contribution in [0, 0.1) is 0 Å². The highest BCUT2D eigenvalue weighted by Crippen LogP contribution is 2.23. The molecule has 0 unspecified atom stereocenters. The van der Waals surface area contributed by atoms with Crippen LogP contribution in [-0.4, -0.2) is 33.1 Å². The predicted molar refractivity (Wildman–Crippen MR) is 105 cm³/mol. The Kier molecular flexibility index (Phi) is 4.36. The topological polar surface area (TPSA) is 103 Å². The number of hydrazone groups is 1. The van der Waals surface area contributed by atoms with Crippen molar-refractivity contribution in [2.45, 2.75) is 0 Å². The molecule has 4 rings (SSSR count). The summed E-state index contributed by atoms with van der Waals surface area (Å²) in [5.41, 5.74) is 11.8. The van der Waals surface area contributed by atoms with Crippen molar-refractivity contribution in [3.63, 3.8) is 0 Å². The largest absolute Gasteiger partial charge is 0.497 e. The van der Waals surface area contributed by atoms with Gasteiger partial charge in [0.15, 0.2) is 11.5 Å². The molecule has 0 saturated heterocycles. The summed E-state index contributed by atoms with van der Waals surface area (Å²) in [5, 5.41) is 9.43. The van der Waals surface area contributed by atoms with Crippen molar-refractivity contribution in [2.75, 3.05) is 18.3 Å². The van der Waals surface area contributed by atoms with E-state index in [2.05, 4.69) is 25.6 Å². The van der Waals surface area contributed by atoms with E-state index < -0.39 is 0 Å². The lowest BCUT2D eigenvalue weighted by atomic mass is 10.2. The van der Waals surface area contributed by atoms with Gasteiger partial charge in [-0.15, -0.1) is 0 Å². The van der Waals surface area contributed by atoms with Crippen LogP contribution >= 0.6 is 0 Å². The van der Waals surface area contributed by atoms with Gasteiger partial charge in [0.25, 0.3) is 0 Å². The first-order chi connectivity index (χ1) is 13.2. The number of hydrogen-bond donors (Lipinski definition) is 2. The molecule has 8 nitrogen and oxygen atoms in total. The first-order valence-corrected chi connectivity index (χ1v) is 8.22.